The minimum atomic E-state index is -1.55. The molecule has 62 heavy (non-hydrogen) atoms. The molecule has 1 saturated heterocycles. The lowest BCUT2D eigenvalue weighted by atomic mass is 9.99. The van der Waals surface area contributed by atoms with Gasteiger partial charge in [0.25, 0.3) is 0 Å². The first-order valence-electron chi connectivity index (χ1n) is 24.3. The minimum absolute atomic E-state index is 0.103. The first-order valence-corrected chi connectivity index (χ1v) is 24.3. The lowest BCUT2D eigenvalue weighted by Gasteiger charge is -2.39. The Hall–Kier alpha value is -2.89. The highest BCUT2D eigenvalue weighted by Gasteiger charge is 2.44. The van der Waals surface area contributed by atoms with E-state index in [0.717, 1.165) is 96.3 Å². The Kier molecular flexibility index (Phi) is 40.0. The average Bonchev–Trinajstić information content (AvgIpc) is 3.27. The molecule has 0 saturated carbocycles. The molecule has 0 aromatic rings. The van der Waals surface area contributed by atoms with Crippen molar-refractivity contribution in [2.45, 2.75) is 205 Å². The molecule has 0 radical (unpaired) electrons. The molecule has 354 valence electrons. The summed E-state index contributed by atoms with van der Waals surface area (Å²) in [5.41, 5.74) is 0. The smallest absolute Gasteiger partial charge is 0.306 e. The standard InChI is InChI=1S/C53H88O9/c1-3-5-7-9-11-13-15-17-19-21-23-24-25-26-28-30-32-34-36-38-40-42-49(55)61-47(46-60-53-52(58)51(57)50(56)48(44-54)62-53)45-59-43-41-39-37-35-33-31-29-27-22-20-18-16-14-12-10-8-6-4-2/h6,8,12,14-15,17-18,20-21,23,25-27,29,33,35,47-48,50-54,56-58H,3-5,7,9-11,13,16,19,22,24,28,30-32,34,36-46H2,1-2H3/b8-6-,14-12-,17-15-,20-18-,23-21-,26-25-,29-27-,35-33-. The zero-order valence-electron chi connectivity index (χ0n) is 38.8. The molecular formula is C53H88O9. The first kappa shape index (κ1) is 57.1. The monoisotopic (exact) mass is 869 g/mol. The van der Waals surface area contributed by atoms with Crippen LogP contribution in [0.1, 0.15) is 168 Å². The molecular weight excluding hydrogens is 781 g/mol. The number of rotatable bonds is 40. The van der Waals surface area contributed by atoms with Crippen molar-refractivity contribution in [3.8, 4) is 0 Å². The van der Waals surface area contributed by atoms with Crippen molar-refractivity contribution in [2.24, 2.45) is 0 Å². The Morgan fingerprint density at radius 2 is 0.984 bits per heavy atom. The van der Waals surface area contributed by atoms with Gasteiger partial charge in [-0.15, -0.1) is 0 Å². The summed E-state index contributed by atoms with van der Waals surface area (Å²) in [6.07, 6.45) is 52.9. The number of carbonyl (C=O) groups excluding carboxylic acids is 1. The summed E-state index contributed by atoms with van der Waals surface area (Å²) in [7, 11) is 0. The highest BCUT2D eigenvalue weighted by molar-refractivity contribution is 5.69. The van der Waals surface area contributed by atoms with Gasteiger partial charge in [-0.1, -0.05) is 162 Å². The number of esters is 1. The molecule has 9 nitrogen and oxygen atoms in total. The Balaban J connectivity index is 2.30. The van der Waals surface area contributed by atoms with Gasteiger partial charge >= 0.3 is 5.97 Å². The predicted octanol–water partition coefficient (Wildman–Crippen LogP) is 11.6. The van der Waals surface area contributed by atoms with Crippen LogP contribution < -0.4 is 0 Å². The van der Waals surface area contributed by atoms with Crippen molar-refractivity contribution in [2.75, 3.05) is 26.4 Å². The van der Waals surface area contributed by atoms with E-state index in [2.05, 4.69) is 111 Å². The van der Waals surface area contributed by atoms with Crippen molar-refractivity contribution >= 4 is 5.97 Å². The Morgan fingerprint density at radius 3 is 1.48 bits per heavy atom. The molecule has 6 atom stereocenters. The van der Waals surface area contributed by atoms with Gasteiger partial charge in [-0.3, -0.25) is 4.79 Å². The molecule has 0 aromatic carbocycles. The maximum atomic E-state index is 12.8. The number of aliphatic hydroxyl groups is 4. The van der Waals surface area contributed by atoms with Gasteiger partial charge in [0.15, 0.2) is 6.29 Å². The Morgan fingerprint density at radius 1 is 0.532 bits per heavy atom. The molecule has 1 heterocycles. The lowest BCUT2D eigenvalue weighted by molar-refractivity contribution is -0.305. The predicted molar refractivity (Wildman–Crippen MR) is 256 cm³/mol. The minimum Gasteiger partial charge on any atom is -0.457 e. The second-order valence-electron chi connectivity index (χ2n) is 16.2. The van der Waals surface area contributed by atoms with E-state index in [0.29, 0.717) is 6.61 Å². The maximum absolute atomic E-state index is 12.8. The highest BCUT2D eigenvalue weighted by atomic mass is 16.7. The number of hydrogen-bond donors (Lipinski definition) is 4. The molecule has 0 amide bonds. The molecule has 0 bridgehead atoms. The zero-order valence-corrected chi connectivity index (χ0v) is 38.8. The number of aliphatic hydroxyl groups excluding tert-OH is 4. The van der Waals surface area contributed by atoms with E-state index in [1.165, 1.54) is 51.4 Å². The summed E-state index contributed by atoms with van der Waals surface area (Å²) in [6, 6.07) is 0. The van der Waals surface area contributed by atoms with E-state index in [-0.39, 0.29) is 25.6 Å². The van der Waals surface area contributed by atoms with E-state index < -0.39 is 43.4 Å². The Bertz CT molecular complexity index is 1260. The number of hydrogen-bond acceptors (Lipinski definition) is 9. The van der Waals surface area contributed by atoms with Crippen LogP contribution >= 0.6 is 0 Å². The number of allylic oxidation sites excluding steroid dienone is 16. The van der Waals surface area contributed by atoms with E-state index >= 15 is 0 Å². The molecule has 0 aromatic heterocycles. The normalized spacial score (nSPS) is 20.6. The number of carbonyl (C=O) groups is 1. The van der Waals surface area contributed by atoms with Crippen molar-refractivity contribution in [3.63, 3.8) is 0 Å². The fourth-order valence-electron chi connectivity index (χ4n) is 6.70. The van der Waals surface area contributed by atoms with Gasteiger partial charge < -0.3 is 39.4 Å². The van der Waals surface area contributed by atoms with Gasteiger partial charge in [0.1, 0.15) is 30.5 Å². The number of unbranched alkanes of at least 4 members (excludes halogenated alkanes) is 13. The average molecular weight is 869 g/mol. The molecule has 6 unspecified atom stereocenters. The van der Waals surface area contributed by atoms with Crippen LogP contribution in [0.2, 0.25) is 0 Å². The number of ether oxygens (including phenoxy) is 4. The van der Waals surface area contributed by atoms with E-state index in [9.17, 15) is 25.2 Å². The molecule has 1 aliphatic heterocycles. The lowest BCUT2D eigenvalue weighted by Crippen LogP contribution is -2.59. The van der Waals surface area contributed by atoms with E-state index in [1.54, 1.807) is 0 Å². The van der Waals surface area contributed by atoms with Crippen LogP contribution in [-0.4, -0.2) is 89.6 Å². The van der Waals surface area contributed by atoms with Gasteiger partial charge in [0, 0.05) is 13.0 Å². The second-order valence-corrected chi connectivity index (χ2v) is 16.2. The van der Waals surface area contributed by atoms with Gasteiger partial charge in [0.2, 0.25) is 0 Å². The molecule has 9 heteroatoms. The van der Waals surface area contributed by atoms with Crippen LogP contribution in [0.4, 0.5) is 0 Å². The molecule has 0 aliphatic carbocycles. The summed E-state index contributed by atoms with van der Waals surface area (Å²) in [4.78, 5) is 12.8. The van der Waals surface area contributed by atoms with Crippen LogP contribution in [0.5, 0.6) is 0 Å². The van der Waals surface area contributed by atoms with Crippen molar-refractivity contribution in [1.29, 1.82) is 0 Å². The molecule has 4 N–H and O–H groups in total. The third-order valence-corrected chi connectivity index (χ3v) is 10.5. The van der Waals surface area contributed by atoms with Crippen LogP contribution in [0, 0.1) is 0 Å². The quantitative estimate of drug-likeness (QED) is 0.0270. The zero-order chi connectivity index (χ0) is 45.0. The third kappa shape index (κ3) is 33.6. The molecule has 1 aliphatic rings. The van der Waals surface area contributed by atoms with Gasteiger partial charge in [0.05, 0.1) is 19.8 Å². The summed E-state index contributed by atoms with van der Waals surface area (Å²) >= 11 is 0. The Labute approximate surface area is 377 Å². The first-order chi connectivity index (χ1) is 30.4. The van der Waals surface area contributed by atoms with Crippen molar-refractivity contribution in [1.82, 2.24) is 0 Å². The van der Waals surface area contributed by atoms with E-state index in [1.807, 2.05) is 0 Å². The van der Waals surface area contributed by atoms with Crippen molar-refractivity contribution in [3.05, 3.63) is 97.2 Å². The fourth-order valence-corrected chi connectivity index (χ4v) is 6.70. The molecule has 0 spiro atoms. The summed E-state index contributed by atoms with van der Waals surface area (Å²) in [6.45, 7) is 4.29. The van der Waals surface area contributed by atoms with Gasteiger partial charge in [-0.2, -0.15) is 0 Å². The fraction of sp³-hybridized carbons (Fsp3) is 0.679. The highest BCUT2D eigenvalue weighted by Crippen LogP contribution is 2.22. The van der Waals surface area contributed by atoms with E-state index in [4.69, 9.17) is 18.9 Å². The molecule has 1 fully saturated rings. The third-order valence-electron chi connectivity index (χ3n) is 10.5. The summed E-state index contributed by atoms with van der Waals surface area (Å²) < 4.78 is 22.8. The SMILES string of the molecule is CC/C=C\C/C=C\C/C=C\C/C=C\C/C=C\CCCCOCC(COC1OC(CO)C(O)C(O)C1O)OC(=O)CCCCCCCC/C=C\C/C=C\C/C=C\CCCCCCC. The second kappa shape index (κ2) is 43.4. The van der Waals surface area contributed by atoms with Crippen LogP contribution in [0.15, 0.2) is 97.2 Å². The van der Waals surface area contributed by atoms with Crippen LogP contribution in [0.25, 0.3) is 0 Å². The summed E-state index contributed by atoms with van der Waals surface area (Å²) in [5, 5.41) is 40.2. The van der Waals surface area contributed by atoms with Gasteiger partial charge in [-0.25, -0.2) is 0 Å². The topological polar surface area (TPSA) is 135 Å². The van der Waals surface area contributed by atoms with Gasteiger partial charge in [-0.05, 0) is 96.3 Å². The van der Waals surface area contributed by atoms with Crippen LogP contribution in [0.3, 0.4) is 0 Å². The van der Waals surface area contributed by atoms with Crippen molar-refractivity contribution < 1.29 is 44.2 Å². The summed E-state index contributed by atoms with van der Waals surface area (Å²) in [5.74, 6) is -0.345. The molecule has 1 rings (SSSR count). The largest absolute Gasteiger partial charge is 0.457 e. The van der Waals surface area contributed by atoms with Crippen LogP contribution in [-0.2, 0) is 23.7 Å². The maximum Gasteiger partial charge on any atom is 0.306 e.